The van der Waals surface area contributed by atoms with Gasteiger partial charge in [0.15, 0.2) is 11.5 Å². The minimum atomic E-state index is -0.321. The number of hydrogen-bond donors (Lipinski definition) is 1. The number of amides is 2. The summed E-state index contributed by atoms with van der Waals surface area (Å²) in [6.45, 7) is 8.15. The lowest BCUT2D eigenvalue weighted by atomic mass is 10.0. The Hall–Kier alpha value is -2.99. The van der Waals surface area contributed by atoms with Crippen molar-refractivity contribution in [2.75, 3.05) is 6.61 Å². The van der Waals surface area contributed by atoms with Crippen molar-refractivity contribution in [1.82, 2.24) is 4.90 Å². The van der Waals surface area contributed by atoms with Gasteiger partial charge in [-0.15, -0.1) is 6.58 Å². The van der Waals surface area contributed by atoms with Gasteiger partial charge < -0.3 is 9.84 Å². The number of thioether (sulfide) groups is 1. The fraction of sp³-hybridized carbons (Fsp3) is 0.217. The second kappa shape index (κ2) is 9.01. The molecule has 1 heterocycles. The van der Waals surface area contributed by atoms with Crippen LogP contribution in [0.5, 0.6) is 11.5 Å². The second-order valence-corrected chi connectivity index (χ2v) is 7.70. The minimum Gasteiger partial charge on any atom is -0.504 e. The zero-order chi connectivity index (χ0) is 21.0. The van der Waals surface area contributed by atoms with E-state index in [4.69, 9.17) is 4.74 Å². The number of imide groups is 1. The van der Waals surface area contributed by atoms with Crippen LogP contribution >= 0.6 is 11.8 Å². The molecule has 0 unspecified atom stereocenters. The highest BCUT2D eigenvalue weighted by molar-refractivity contribution is 8.18. The normalized spacial score (nSPS) is 15.2. The smallest absolute Gasteiger partial charge is 0.293 e. The number of allylic oxidation sites excluding steroid dienone is 1. The summed E-state index contributed by atoms with van der Waals surface area (Å²) in [6.07, 6.45) is 3.81. The molecular formula is C23H23NO4S. The Labute approximate surface area is 174 Å². The first-order valence-corrected chi connectivity index (χ1v) is 10.1. The number of ether oxygens (including phenoxy) is 1. The quantitative estimate of drug-likeness (QED) is 0.511. The van der Waals surface area contributed by atoms with Crippen molar-refractivity contribution in [3.8, 4) is 11.5 Å². The number of hydrogen-bond acceptors (Lipinski definition) is 5. The summed E-state index contributed by atoms with van der Waals surface area (Å²) in [5.41, 5.74) is 3.32. The number of nitrogens with zero attached hydrogens (tertiary/aromatic N) is 1. The van der Waals surface area contributed by atoms with Gasteiger partial charge in [-0.05, 0) is 61.4 Å². The van der Waals surface area contributed by atoms with Crippen LogP contribution in [0.4, 0.5) is 4.79 Å². The van der Waals surface area contributed by atoms with Crippen molar-refractivity contribution in [1.29, 1.82) is 0 Å². The molecule has 1 aliphatic rings. The SMILES string of the molecule is C=CCc1cc(/C=C2\SC(=O)N(Cc3cccc(C)c3)C2=O)cc(OCC)c1O. The van der Waals surface area contributed by atoms with Crippen LogP contribution in [0.15, 0.2) is 54.0 Å². The zero-order valence-corrected chi connectivity index (χ0v) is 17.3. The number of aryl methyl sites for hydroxylation is 1. The van der Waals surface area contributed by atoms with Crippen LogP contribution in [-0.2, 0) is 17.8 Å². The minimum absolute atomic E-state index is 0.0662. The molecule has 0 spiro atoms. The molecule has 0 aliphatic carbocycles. The van der Waals surface area contributed by atoms with Gasteiger partial charge in [0.1, 0.15) is 0 Å². The predicted molar refractivity (Wildman–Crippen MR) is 116 cm³/mol. The van der Waals surface area contributed by atoms with Gasteiger partial charge in [-0.1, -0.05) is 35.9 Å². The maximum atomic E-state index is 12.8. The molecule has 0 bridgehead atoms. The Morgan fingerprint density at radius 1 is 1.24 bits per heavy atom. The maximum Gasteiger partial charge on any atom is 0.293 e. The van der Waals surface area contributed by atoms with E-state index in [0.717, 1.165) is 22.9 Å². The van der Waals surface area contributed by atoms with E-state index in [0.29, 0.717) is 34.8 Å². The maximum absolute atomic E-state index is 12.8. The van der Waals surface area contributed by atoms with Crippen molar-refractivity contribution in [3.63, 3.8) is 0 Å². The molecule has 3 rings (SSSR count). The summed E-state index contributed by atoms with van der Waals surface area (Å²) in [7, 11) is 0. The zero-order valence-electron chi connectivity index (χ0n) is 16.5. The number of rotatable bonds is 7. The second-order valence-electron chi connectivity index (χ2n) is 6.71. The van der Waals surface area contributed by atoms with E-state index < -0.39 is 0 Å². The van der Waals surface area contributed by atoms with Gasteiger partial charge in [0.2, 0.25) is 0 Å². The average molecular weight is 410 g/mol. The molecule has 5 nitrogen and oxygen atoms in total. The average Bonchev–Trinajstić information content (AvgIpc) is 2.93. The van der Waals surface area contributed by atoms with E-state index >= 15 is 0 Å². The molecule has 1 fully saturated rings. The number of carbonyl (C=O) groups excluding carboxylic acids is 2. The van der Waals surface area contributed by atoms with Crippen LogP contribution in [0.25, 0.3) is 6.08 Å². The molecular weight excluding hydrogens is 386 g/mol. The lowest BCUT2D eigenvalue weighted by Crippen LogP contribution is -2.27. The molecule has 0 aromatic heterocycles. The van der Waals surface area contributed by atoms with Crippen LogP contribution in [0.1, 0.15) is 29.2 Å². The van der Waals surface area contributed by atoms with Gasteiger partial charge in [0.05, 0.1) is 18.1 Å². The molecule has 29 heavy (non-hydrogen) atoms. The first-order valence-electron chi connectivity index (χ1n) is 9.33. The lowest BCUT2D eigenvalue weighted by Gasteiger charge is -2.13. The van der Waals surface area contributed by atoms with E-state index in [1.54, 1.807) is 24.3 Å². The van der Waals surface area contributed by atoms with Crippen LogP contribution in [0.3, 0.4) is 0 Å². The molecule has 2 aromatic carbocycles. The summed E-state index contributed by atoms with van der Waals surface area (Å²) < 4.78 is 5.51. The number of phenolic OH excluding ortho intramolecular Hbond substituents is 1. The van der Waals surface area contributed by atoms with Gasteiger partial charge in [-0.25, -0.2) is 0 Å². The van der Waals surface area contributed by atoms with Gasteiger partial charge in [-0.2, -0.15) is 0 Å². The fourth-order valence-electron chi connectivity index (χ4n) is 3.13. The fourth-order valence-corrected chi connectivity index (χ4v) is 3.97. The van der Waals surface area contributed by atoms with Crippen molar-refractivity contribution in [2.45, 2.75) is 26.8 Å². The third-order valence-electron chi connectivity index (χ3n) is 4.43. The Balaban J connectivity index is 1.89. The van der Waals surface area contributed by atoms with Crippen molar-refractivity contribution >= 4 is 29.0 Å². The summed E-state index contributed by atoms with van der Waals surface area (Å²) in [5.74, 6) is 0.0892. The molecule has 0 atom stereocenters. The molecule has 1 aliphatic heterocycles. The Bertz CT molecular complexity index is 996. The van der Waals surface area contributed by atoms with Gasteiger partial charge in [0.25, 0.3) is 11.1 Å². The summed E-state index contributed by atoms with van der Waals surface area (Å²) >= 11 is 0.918. The van der Waals surface area contributed by atoms with Crippen molar-refractivity contribution in [3.05, 3.63) is 76.2 Å². The van der Waals surface area contributed by atoms with Gasteiger partial charge in [-0.3, -0.25) is 14.5 Å². The highest BCUT2D eigenvalue weighted by atomic mass is 32.2. The van der Waals surface area contributed by atoms with Crippen LogP contribution in [0, 0.1) is 6.92 Å². The molecule has 0 radical (unpaired) electrons. The monoisotopic (exact) mass is 409 g/mol. The van der Waals surface area contributed by atoms with E-state index in [1.165, 1.54) is 4.90 Å². The Kier molecular flexibility index (Phi) is 6.44. The molecule has 150 valence electrons. The largest absolute Gasteiger partial charge is 0.504 e. The summed E-state index contributed by atoms with van der Waals surface area (Å²) in [4.78, 5) is 26.8. The Morgan fingerprint density at radius 3 is 2.72 bits per heavy atom. The number of benzene rings is 2. The van der Waals surface area contributed by atoms with Crippen LogP contribution in [-0.4, -0.2) is 27.8 Å². The van der Waals surface area contributed by atoms with Crippen molar-refractivity contribution in [2.24, 2.45) is 0 Å². The first kappa shape index (κ1) is 20.7. The lowest BCUT2D eigenvalue weighted by molar-refractivity contribution is -0.123. The third kappa shape index (κ3) is 4.71. The van der Waals surface area contributed by atoms with E-state index in [1.807, 2.05) is 38.1 Å². The van der Waals surface area contributed by atoms with E-state index in [-0.39, 0.29) is 23.4 Å². The van der Waals surface area contributed by atoms with Gasteiger partial charge >= 0.3 is 0 Å². The number of phenols is 1. The number of aromatic hydroxyl groups is 1. The Morgan fingerprint density at radius 2 is 2.03 bits per heavy atom. The molecule has 1 N–H and O–H groups in total. The predicted octanol–water partition coefficient (Wildman–Crippen LogP) is 5.06. The van der Waals surface area contributed by atoms with E-state index in [2.05, 4.69) is 6.58 Å². The third-order valence-corrected chi connectivity index (χ3v) is 5.34. The van der Waals surface area contributed by atoms with E-state index in [9.17, 15) is 14.7 Å². The molecule has 6 heteroatoms. The summed E-state index contributed by atoms with van der Waals surface area (Å²) in [6, 6.07) is 11.2. The van der Waals surface area contributed by atoms with Crippen LogP contribution < -0.4 is 4.74 Å². The topological polar surface area (TPSA) is 66.8 Å². The standard InChI is InChI=1S/C23H23NO4S/c1-4-7-18-11-17(12-19(21(18)25)28-5-2)13-20-22(26)24(23(27)29-20)14-16-9-6-8-15(3)10-16/h4,6,8-13,25H,1,5,7,14H2,2-3H3/b20-13-. The number of carbonyl (C=O) groups is 2. The molecule has 1 saturated heterocycles. The highest BCUT2D eigenvalue weighted by Gasteiger charge is 2.35. The molecule has 2 amide bonds. The molecule has 0 saturated carbocycles. The van der Waals surface area contributed by atoms with Gasteiger partial charge in [0, 0.05) is 5.56 Å². The first-order chi connectivity index (χ1) is 13.9. The highest BCUT2D eigenvalue weighted by Crippen LogP contribution is 2.37. The van der Waals surface area contributed by atoms with Crippen molar-refractivity contribution < 1.29 is 19.4 Å². The van der Waals surface area contributed by atoms with Crippen LogP contribution in [0.2, 0.25) is 0 Å². The molecule has 2 aromatic rings. The summed E-state index contributed by atoms with van der Waals surface area (Å²) in [5, 5.41) is 10.0.